The Bertz CT molecular complexity index is 2540. The standard InChI is InChI=1S/C46H29F2N/c47-36-16-10-29(11-17-36)38-20-14-34-15-21-40-43(31-12-18-37(48)19-13-31)28-42(41-23-22-39(38)45(34)46(40)41)30-6-8-33(9-7-30)44(32-4-2-1-3-5-32)35-24-26-49-27-25-35/h1-28,44H. The van der Waals surface area contributed by atoms with Gasteiger partial charge in [0.2, 0.25) is 0 Å². The maximum absolute atomic E-state index is 14.1. The molecule has 0 saturated heterocycles. The monoisotopic (exact) mass is 633 g/mol. The van der Waals surface area contributed by atoms with E-state index in [4.69, 9.17) is 0 Å². The third kappa shape index (κ3) is 5.03. The Morgan fingerprint density at radius 1 is 0.388 bits per heavy atom. The van der Waals surface area contributed by atoms with Gasteiger partial charge in [-0.05, 0) is 125 Å². The second-order valence-electron chi connectivity index (χ2n) is 12.6. The topological polar surface area (TPSA) is 12.9 Å². The zero-order valence-electron chi connectivity index (χ0n) is 26.4. The number of halogens is 2. The molecule has 1 atom stereocenters. The lowest BCUT2D eigenvalue weighted by atomic mass is 9.83. The number of aromatic nitrogens is 1. The van der Waals surface area contributed by atoms with Crippen LogP contribution in [0, 0.1) is 11.6 Å². The van der Waals surface area contributed by atoms with E-state index in [1.54, 1.807) is 0 Å². The maximum atomic E-state index is 14.1. The van der Waals surface area contributed by atoms with Gasteiger partial charge >= 0.3 is 0 Å². The predicted molar refractivity (Wildman–Crippen MR) is 198 cm³/mol. The molecule has 232 valence electrons. The number of hydrogen-bond acceptors (Lipinski definition) is 1. The highest BCUT2D eigenvalue weighted by Crippen LogP contribution is 2.46. The van der Waals surface area contributed by atoms with Gasteiger partial charge in [-0.15, -0.1) is 0 Å². The maximum Gasteiger partial charge on any atom is 0.123 e. The van der Waals surface area contributed by atoms with Crippen molar-refractivity contribution in [2.45, 2.75) is 5.92 Å². The Hall–Kier alpha value is -6.19. The van der Waals surface area contributed by atoms with Crippen molar-refractivity contribution in [2.24, 2.45) is 0 Å². The second-order valence-corrected chi connectivity index (χ2v) is 12.6. The first-order valence-corrected chi connectivity index (χ1v) is 16.4. The Labute approximate surface area is 283 Å². The Morgan fingerprint density at radius 2 is 0.857 bits per heavy atom. The molecule has 9 aromatic rings. The molecule has 0 saturated carbocycles. The van der Waals surface area contributed by atoms with Crippen molar-refractivity contribution in [2.75, 3.05) is 0 Å². The average Bonchev–Trinajstić information content (AvgIpc) is 3.16. The van der Waals surface area contributed by atoms with Crippen LogP contribution in [0.25, 0.3) is 65.7 Å². The molecule has 0 amide bonds. The molecule has 0 radical (unpaired) electrons. The minimum atomic E-state index is -0.261. The molecule has 0 fully saturated rings. The Kier molecular flexibility index (Phi) is 6.98. The third-order valence-electron chi connectivity index (χ3n) is 9.82. The van der Waals surface area contributed by atoms with Gasteiger partial charge in [0.1, 0.15) is 11.6 Å². The molecule has 1 heterocycles. The van der Waals surface area contributed by atoms with Crippen molar-refractivity contribution in [3.8, 4) is 33.4 Å². The van der Waals surface area contributed by atoms with Gasteiger partial charge in [0.05, 0.1) is 0 Å². The summed E-state index contributed by atoms with van der Waals surface area (Å²) in [5, 5.41) is 6.84. The third-order valence-corrected chi connectivity index (χ3v) is 9.82. The first kappa shape index (κ1) is 29.0. The zero-order valence-corrected chi connectivity index (χ0v) is 26.4. The first-order chi connectivity index (χ1) is 24.1. The van der Waals surface area contributed by atoms with E-state index in [0.717, 1.165) is 54.9 Å². The van der Waals surface area contributed by atoms with E-state index >= 15 is 0 Å². The fourth-order valence-electron chi connectivity index (χ4n) is 7.52. The van der Waals surface area contributed by atoms with Gasteiger partial charge < -0.3 is 0 Å². The highest BCUT2D eigenvalue weighted by molar-refractivity contribution is 6.29. The fraction of sp³-hybridized carbons (Fsp3) is 0.0217. The van der Waals surface area contributed by atoms with Crippen molar-refractivity contribution < 1.29 is 8.78 Å². The van der Waals surface area contributed by atoms with Crippen LogP contribution in [0.15, 0.2) is 170 Å². The van der Waals surface area contributed by atoms with Crippen LogP contribution < -0.4 is 0 Å². The van der Waals surface area contributed by atoms with Crippen molar-refractivity contribution >= 4 is 32.3 Å². The van der Waals surface area contributed by atoms with Gasteiger partial charge in [-0.3, -0.25) is 4.98 Å². The molecule has 3 heteroatoms. The molecule has 0 N–H and O–H groups in total. The molecule has 1 unspecified atom stereocenters. The molecule has 0 aliphatic heterocycles. The summed E-state index contributed by atoms with van der Waals surface area (Å²) in [6, 6.07) is 52.4. The Morgan fingerprint density at radius 3 is 1.47 bits per heavy atom. The summed E-state index contributed by atoms with van der Waals surface area (Å²) in [5.41, 5.74) is 9.85. The van der Waals surface area contributed by atoms with Crippen LogP contribution in [0.4, 0.5) is 8.78 Å². The van der Waals surface area contributed by atoms with Crippen LogP contribution >= 0.6 is 0 Å². The smallest absolute Gasteiger partial charge is 0.123 e. The van der Waals surface area contributed by atoms with E-state index in [1.165, 1.54) is 51.7 Å². The van der Waals surface area contributed by atoms with Gasteiger partial charge in [0.15, 0.2) is 0 Å². The first-order valence-electron chi connectivity index (χ1n) is 16.4. The number of benzene rings is 8. The van der Waals surface area contributed by atoms with Gasteiger partial charge in [-0.2, -0.15) is 0 Å². The summed E-state index contributed by atoms with van der Waals surface area (Å²) in [4.78, 5) is 4.26. The molecule has 0 aliphatic rings. The van der Waals surface area contributed by atoms with Gasteiger partial charge in [0, 0.05) is 18.3 Å². The predicted octanol–water partition coefficient (Wildman–Crippen LogP) is 12.4. The van der Waals surface area contributed by atoms with Crippen molar-refractivity contribution in [1.29, 1.82) is 0 Å². The van der Waals surface area contributed by atoms with E-state index in [2.05, 4.69) is 108 Å². The summed E-state index contributed by atoms with van der Waals surface area (Å²) in [5.74, 6) is -0.445. The minimum absolute atomic E-state index is 0.0688. The van der Waals surface area contributed by atoms with Crippen LogP contribution in [0.5, 0.6) is 0 Å². The summed E-state index contributed by atoms with van der Waals surface area (Å²) in [7, 11) is 0. The summed E-state index contributed by atoms with van der Waals surface area (Å²) < 4.78 is 28.0. The molecule has 1 nitrogen and oxygen atoms in total. The van der Waals surface area contributed by atoms with Crippen LogP contribution in [-0.4, -0.2) is 4.98 Å². The van der Waals surface area contributed by atoms with Crippen LogP contribution in [0.3, 0.4) is 0 Å². The lowest BCUT2D eigenvalue weighted by Crippen LogP contribution is -2.03. The fourth-order valence-corrected chi connectivity index (χ4v) is 7.52. The van der Waals surface area contributed by atoms with Crippen LogP contribution in [0.1, 0.15) is 22.6 Å². The summed E-state index contributed by atoms with van der Waals surface area (Å²) in [6.07, 6.45) is 3.70. The van der Waals surface area contributed by atoms with Crippen LogP contribution in [-0.2, 0) is 0 Å². The summed E-state index contributed by atoms with van der Waals surface area (Å²) in [6.45, 7) is 0. The molecule has 49 heavy (non-hydrogen) atoms. The van der Waals surface area contributed by atoms with Crippen molar-refractivity contribution in [3.63, 3.8) is 0 Å². The van der Waals surface area contributed by atoms with Gasteiger partial charge in [0.25, 0.3) is 0 Å². The van der Waals surface area contributed by atoms with E-state index in [0.29, 0.717) is 0 Å². The molecule has 0 aliphatic carbocycles. The van der Waals surface area contributed by atoms with Gasteiger partial charge in [-0.1, -0.05) is 115 Å². The van der Waals surface area contributed by atoms with Crippen LogP contribution in [0.2, 0.25) is 0 Å². The second kappa shape index (κ2) is 11.8. The quantitative estimate of drug-likeness (QED) is 0.166. The minimum Gasteiger partial charge on any atom is -0.265 e. The largest absolute Gasteiger partial charge is 0.265 e. The number of hydrogen-bond donors (Lipinski definition) is 0. The van der Waals surface area contributed by atoms with E-state index < -0.39 is 0 Å². The SMILES string of the molecule is Fc1ccc(-c2ccc3ccc4c(-c5ccc(F)cc5)cc(-c5ccc(C(c6ccccc6)c6ccncc6)cc5)c5ccc2c3c45)cc1. The number of rotatable bonds is 6. The van der Waals surface area contributed by atoms with Crippen molar-refractivity contribution in [3.05, 3.63) is 198 Å². The van der Waals surface area contributed by atoms with E-state index in [1.807, 2.05) is 42.7 Å². The average molecular weight is 634 g/mol. The van der Waals surface area contributed by atoms with E-state index in [-0.39, 0.29) is 17.6 Å². The Balaban J connectivity index is 1.28. The van der Waals surface area contributed by atoms with Crippen molar-refractivity contribution in [1.82, 2.24) is 4.98 Å². The zero-order chi connectivity index (χ0) is 32.9. The molecular formula is C46H29F2N. The number of pyridine rings is 1. The summed E-state index contributed by atoms with van der Waals surface area (Å²) >= 11 is 0. The highest BCUT2D eigenvalue weighted by Gasteiger charge is 2.20. The molecule has 9 rings (SSSR count). The lowest BCUT2D eigenvalue weighted by Gasteiger charge is -2.21. The normalized spacial score (nSPS) is 12.2. The molecular weight excluding hydrogens is 605 g/mol. The lowest BCUT2D eigenvalue weighted by molar-refractivity contribution is 0.627. The number of nitrogens with zero attached hydrogens (tertiary/aromatic N) is 1. The molecule has 0 bridgehead atoms. The molecule has 8 aromatic carbocycles. The highest BCUT2D eigenvalue weighted by atomic mass is 19.1. The van der Waals surface area contributed by atoms with E-state index in [9.17, 15) is 8.78 Å². The van der Waals surface area contributed by atoms with Gasteiger partial charge in [-0.25, -0.2) is 8.78 Å². The molecule has 1 aromatic heterocycles. The molecule has 0 spiro atoms.